The number of carboxylic acids is 1. The van der Waals surface area contributed by atoms with E-state index in [1.807, 2.05) is 0 Å². The van der Waals surface area contributed by atoms with E-state index in [0.717, 1.165) is 25.1 Å². The minimum Gasteiger partial charge on any atom is -0.481 e. The van der Waals surface area contributed by atoms with Crippen LogP contribution < -0.4 is 0 Å². The Morgan fingerprint density at radius 3 is 2.54 bits per heavy atom. The maximum Gasteiger partial charge on any atom is 0.303 e. The molecule has 0 aliphatic carbocycles. The molecule has 0 spiro atoms. The molecule has 13 heavy (non-hydrogen) atoms. The molecule has 0 radical (unpaired) electrons. The first-order valence-electron chi connectivity index (χ1n) is 4.94. The van der Waals surface area contributed by atoms with Gasteiger partial charge in [0.2, 0.25) is 0 Å². The van der Waals surface area contributed by atoms with Gasteiger partial charge in [0.15, 0.2) is 0 Å². The Morgan fingerprint density at radius 2 is 2.00 bits per heavy atom. The third-order valence-corrected chi connectivity index (χ3v) is 2.45. The predicted molar refractivity (Wildman–Crippen MR) is 55.2 cm³/mol. The van der Waals surface area contributed by atoms with E-state index in [0.29, 0.717) is 12.3 Å². The fourth-order valence-corrected chi connectivity index (χ4v) is 1.47. The van der Waals surface area contributed by atoms with Crippen LogP contribution in [0.5, 0.6) is 0 Å². The van der Waals surface area contributed by atoms with E-state index in [9.17, 15) is 4.79 Å². The highest BCUT2D eigenvalue weighted by Gasteiger charge is 2.04. The van der Waals surface area contributed by atoms with Crippen LogP contribution in [0.2, 0.25) is 0 Å². The van der Waals surface area contributed by atoms with Crippen molar-refractivity contribution in [1.29, 1.82) is 0 Å². The zero-order chi connectivity index (χ0) is 10.1. The summed E-state index contributed by atoms with van der Waals surface area (Å²) in [4.78, 5) is 10.3. The van der Waals surface area contributed by atoms with E-state index >= 15 is 0 Å². The van der Waals surface area contributed by atoms with Crippen LogP contribution in [0.4, 0.5) is 0 Å². The van der Waals surface area contributed by atoms with Crippen molar-refractivity contribution in [3.05, 3.63) is 0 Å². The molecule has 1 N–H and O–H groups in total. The fourth-order valence-electron chi connectivity index (χ4n) is 1.28. The van der Waals surface area contributed by atoms with Gasteiger partial charge in [0.1, 0.15) is 0 Å². The Kier molecular flexibility index (Phi) is 8.21. The normalized spacial score (nSPS) is 12.8. The molecule has 2 nitrogen and oxygen atoms in total. The lowest BCUT2D eigenvalue weighted by Gasteiger charge is -2.08. The average molecular weight is 207 g/mol. The van der Waals surface area contributed by atoms with Crippen LogP contribution in [0.15, 0.2) is 0 Å². The predicted octanol–water partition coefficient (Wildman–Crippen LogP) is 3.29. The van der Waals surface area contributed by atoms with Crippen molar-refractivity contribution >= 4 is 17.6 Å². The molecule has 0 aromatic rings. The Bertz CT molecular complexity index is 137. The van der Waals surface area contributed by atoms with Crippen LogP contribution in [0.3, 0.4) is 0 Å². The number of carbonyl (C=O) groups is 1. The summed E-state index contributed by atoms with van der Waals surface area (Å²) in [5.74, 6) is 0.586. The summed E-state index contributed by atoms with van der Waals surface area (Å²) in [6, 6.07) is 0. The molecule has 0 saturated heterocycles. The zero-order valence-corrected chi connectivity index (χ0v) is 9.02. The molecule has 0 rings (SSSR count). The van der Waals surface area contributed by atoms with Gasteiger partial charge in [0.25, 0.3) is 0 Å². The van der Waals surface area contributed by atoms with Crippen molar-refractivity contribution in [3.63, 3.8) is 0 Å². The van der Waals surface area contributed by atoms with Gasteiger partial charge in [-0.2, -0.15) is 0 Å². The first-order valence-corrected chi connectivity index (χ1v) is 5.48. The second kappa shape index (κ2) is 8.36. The summed E-state index contributed by atoms with van der Waals surface area (Å²) in [5, 5.41) is 8.45. The van der Waals surface area contributed by atoms with Crippen molar-refractivity contribution < 1.29 is 9.90 Å². The molecule has 0 heterocycles. The van der Waals surface area contributed by atoms with Gasteiger partial charge in [0, 0.05) is 12.3 Å². The number of halogens is 1. The second-order valence-corrected chi connectivity index (χ2v) is 3.95. The minimum absolute atomic E-state index is 0.302. The summed E-state index contributed by atoms with van der Waals surface area (Å²) in [5.41, 5.74) is 0. The maximum absolute atomic E-state index is 10.3. The fraction of sp³-hybridized carbons (Fsp3) is 0.900. The van der Waals surface area contributed by atoms with Gasteiger partial charge >= 0.3 is 5.97 Å². The van der Waals surface area contributed by atoms with Crippen LogP contribution in [-0.2, 0) is 4.79 Å². The number of rotatable bonds is 8. The molecule has 0 bridgehead atoms. The molecule has 0 aromatic carbocycles. The molecular weight excluding hydrogens is 188 g/mol. The minimum atomic E-state index is -0.687. The smallest absolute Gasteiger partial charge is 0.303 e. The molecule has 78 valence electrons. The highest BCUT2D eigenvalue weighted by molar-refractivity contribution is 6.17. The van der Waals surface area contributed by atoms with Gasteiger partial charge in [-0.15, -0.1) is 11.6 Å². The molecular formula is C10H19ClO2. The lowest BCUT2D eigenvalue weighted by Crippen LogP contribution is -2.01. The van der Waals surface area contributed by atoms with Gasteiger partial charge in [0.05, 0.1) is 0 Å². The summed E-state index contributed by atoms with van der Waals surface area (Å²) < 4.78 is 0. The molecule has 1 unspecified atom stereocenters. The Labute approximate surface area is 85.3 Å². The number of hydrogen-bond donors (Lipinski definition) is 1. The van der Waals surface area contributed by atoms with Crippen molar-refractivity contribution in [2.75, 3.05) is 5.88 Å². The van der Waals surface area contributed by atoms with Crippen molar-refractivity contribution in [1.82, 2.24) is 0 Å². The topological polar surface area (TPSA) is 37.3 Å². The molecule has 3 heteroatoms. The Morgan fingerprint density at radius 1 is 1.31 bits per heavy atom. The van der Waals surface area contributed by atoms with Crippen molar-refractivity contribution in [2.45, 2.75) is 45.4 Å². The molecule has 1 atom stereocenters. The average Bonchev–Trinajstić information content (AvgIpc) is 2.09. The molecule has 0 amide bonds. The first kappa shape index (κ1) is 12.8. The largest absolute Gasteiger partial charge is 0.481 e. The highest BCUT2D eigenvalue weighted by Crippen LogP contribution is 2.14. The Hall–Kier alpha value is -0.240. The lowest BCUT2D eigenvalue weighted by atomic mass is 9.98. The number of aliphatic carboxylic acids is 1. The highest BCUT2D eigenvalue weighted by atomic mass is 35.5. The number of carboxylic acid groups (broad SMARTS) is 1. The van der Waals surface area contributed by atoms with Crippen LogP contribution in [-0.4, -0.2) is 17.0 Å². The van der Waals surface area contributed by atoms with Gasteiger partial charge in [-0.3, -0.25) is 4.79 Å². The van der Waals surface area contributed by atoms with Crippen LogP contribution in [0.1, 0.15) is 45.4 Å². The van der Waals surface area contributed by atoms with Crippen molar-refractivity contribution in [2.24, 2.45) is 5.92 Å². The SMILES string of the molecule is CC(CCCCCCl)CCC(=O)O. The Balaban J connectivity index is 3.19. The molecule has 0 aliphatic rings. The molecule has 0 saturated carbocycles. The third kappa shape index (κ3) is 9.68. The van der Waals surface area contributed by atoms with E-state index in [4.69, 9.17) is 16.7 Å². The standard InChI is InChI=1S/C10H19ClO2/c1-9(6-7-10(12)13)5-3-2-4-8-11/h9H,2-8H2,1H3,(H,12,13). The summed E-state index contributed by atoms with van der Waals surface area (Å²) in [6.45, 7) is 2.11. The van der Waals surface area contributed by atoms with Gasteiger partial charge in [-0.25, -0.2) is 0 Å². The third-order valence-electron chi connectivity index (χ3n) is 2.18. The lowest BCUT2D eigenvalue weighted by molar-refractivity contribution is -0.137. The van der Waals surface area contributed by atoms with Gasteiger partial charge < -0.3 is 5.11 Å². The summed E-state index contributed by atoms with van der Waals surface area (Å²) in [7, 11) is 0. The first-order chi connectivity index (χ1) is 6.16. The summed E-state index contributed by atoms with van der Waals surface area (Å²) >= 11 is 5.54. The number of unbranched alkanes of at least 4 members (excludes halogenated alkanes) is 2. The van der Waals surface area contributed by atoms with Gasteiger partial charge in [-0.1, -0.05) is 26.2 Å². The van der Waals surface area contributed by atoms with E-state index < -0.39 is 5.97 Å². The summed E-state index contributed by atoms with van der Waals surface area (Å²) in [6.07, 6.45) is 5.65. The second-order valence-electron chi connectivity index (χ2n) is 3.58. The molecule has 0 aromatic heterocycles. The van der Waals surface area contributed by atoms with Crippen LogP contribution >= 0.6 is 11.6 Å². The van der Waals surface area contributed by atoms with E-state index in [-0.39, 0.29) is 0 Å². The molecule has 0 aliphatic heterocycles. The van der Waals surface area contributed by atoms with E-state index in [1.54, 1.807) is 0 Å². The zero-order valence-electron chi connectivity index (χ0n) is 8.26. The maximum atomic E-state index is 10.3. The van der Waals surface area contributed by atoms with Crippen LogP contribution in [0.25, 0.3) is 0 Å². The number of hydrogen-bond acceptors (Lipinski definition) is 1. The van der Waals surface area contributed by atoms with E-state index in [1.165, 1.54) is 12.8 Å². The monoisotopic (exact) mass is 206 g/mol. The van der Waals surface area contributed by atoms with Crippen molar-refractivity contribution in [3.8, 4) is 0 Å². The molecule has 0 fully saturated rings. The van der Waals surface area contributed by atoms with Gasteiger partial charge in [-0.05, 0) is 18.8 Å². The number of alkyl halides is 1. The quantitative estimate of drug-likeness (QED) is 0.489. The van der Waals surface area contributed by atoms with E-state index in [2.05, 4.69) is 6.92 Å². The van der Waals surface area contributed by atoms with Crippen LogP contribution in [0, 0.1) is 5.92 Å².